The third-order valence-corrected chi connectivity index (χ3v) is 16.2. The molecule has 10 atom stereocenters. The first-order valence-corrected chi connectivity index (χ1v) is 23.3. The summed E-state index contributed by atoms with van der Waals surface area (Å²) in [7, 11) is 0. The highest BCUT2D eigenvalue weighted by atomic mass is 16.6. The van der Waals surface area contributed by atoms with E-state index in [-0.39, 0.29) is 52.1 Å². The van der Waals surface area contributed by atoms with Gasteiger partial charge in [-0.1, -0.05) is 44.1 Å². The first-order valence-electron chi connectivity index (χ1n) is 23.3. The molecule has 64 heavy (non-hydrogen) atoms. The highest BCUT2D eigenvalue weighted by Gasteiger charge is 2.60. The van der Waals surface area contributed by atoms with E-state index in [1.807, 2.05) is 30.5 Å². The molecule has 2 aromatic heterocycles. The van der Waals surface area contributed by atoms with Gasteiger partial charge in [0.15, 0.2) is 5.52 Å². The summed E-state index contributed by atoms with van der Waals surface area (Å²) in [4.78, 5) is 44.3. The van der Waals surface area contributed by atoms with Crippen LogP contribution in [0.5, 0.6) is 0 Å². The molecule has 2 heterocycles. The molecule has 4 fully saturated rings. The van der Waals surface area contributed by atoms with Crippen LogP contribution in [-0.2, 0) is 30.2 Å². The van der Waals surface area contributed by atoms with E-state index < -0.39 is 11.0 Å². The van der Waals surface area contributed by atoms with Gasteiger partial charge >= 0.3 is 11.7 Å². The summed E-state index contributed by atoms with van der Waals surface area (Å²) in [5.41, 5.74) is 11.3. The fourth-order valence-electron chi connectivity index (χ4n) is 13.0. The van der Waals surface area contributed by atoms with Gasteiger partial charge in [-0.25, -0.2) is 4.63 Å². The second-order valence-electron chi connectivity index (χ2n) is 19.4. The van der Waals surface area contributed by atoms with Gasteiger partial charge < -0.3 is 29.8 Å². The van der Waals surface area contributed by atoms with Crippen LogP contribution in [0.1, 0.15) is 97.0 Å². The zero-order chi connectivity index (χ0) is 44.8. The second-order valence-corrected chi connectivity index (χ2v) is 19.4. The predicted octanol–water partition coefficient (Wildman–Crippen LogP) is 9.08. The van der Waals surface area contributed by atoms with Gasteiger partial charge in [-0.2, -0.15) is 0 Å². The Labute approximate surface area is 373 Å². The number of carbonyl (C=O) groups excluding carboxylic acids is 2. The van der Waals surface area contributed by atoms with E-state index in [0.717, 1.165) is 42.1 Å². The van der Waals surface area contributed by atoms with Gasteiger partial charge in [0.05, 0.1) is 37.0 Å². The van der Waals surface area contributed by atoms with E-state index in [9.17, 15) is 19.7 Å². The minimum atomic E-state index is -0.691. The fourth-order valence-corrected chi connectivity index (χ4v) is 13.0. The lowest BCUT2D eigenvalue weighted by atomic mass is 9.44. The van der Waals surface area contributed by atoms with Gasteiger partial charge in [-0.05, 0) is 144 Å². The predicted molar refractivity (Wildman–Crippen MR) is 240 cm³/mol. The molecule has 4 saturated carbocycles. The van der Waals surface area contributed by atoms with E-state index in [1.54, 1.807) is 6.07 Å². The molecule has 6 unspecified atom stereocenters. The lowest BCUT2D eigenvalue weighted by molar-refractivity contribution is -0.383. The van der Waals surface area contributed by atoms with E-state index in [0.29, 0.717) is 87.0 Å². The topological polar surface area (TPSA) is 232 Å². The summed E-state index contributed by atoms with van der Waals surface area (Å²) in [5.74, 6) is 3.37. The zero-order valence-corrected chi connectivity index (χ0v) is 37.3. The lowest BCUT2D eigenvalue weighted by Gasteiger charge is -2.61. The van der Waals surface area contributed by atoms with Crippen molar-refractivity contribution < 1.29 is 33.4 Å². The van der Waals surface area contributed by atoms with Crippen molar-refractivity contribution in [2.24, 2.45) is 51.5 Å². The van der Waals surface area contributed by atoms with Crippen LogP contribution in [0.4, 0.5) is 11.4 Å². The highest BCUT2D eigenvalue weighted by molar-refractivity contribution is 5.96. The molecule has 4 aliphatic rings. The van der Waals surface area contributed by atoms with E-state index >= 15 is 0 Å². The standard InChI is InChI=1S/C47H63N9O8/c1-29(8-15-42(57)63-25-24-62-23-22-61-21-20-50-55-48)35-11-12-36-34-10-9-31-27-32(16-18-46(31,2)37(34)17-19-47(35,36)3)51-45(58)40(26-30-28-49-38-7-5-4-6-33(30)38)52-39-13-14-41(56(59)60)44-43(39)53-64-54-44/h4-7,13-14,28-29,31-32,34-37,40,49,52H,8-12,15-27H2,1-3H3,(H,51,58)/t29?,31-,32-,34?,35?,36?,37?,40?,46+,47-/m1/s1. The average Bonchev–Trinajstić information content (AvgIpc) is 4.04. The first kappa shape index (κ1) is 45.3. The Morgan fingerprint density at radius 2 is 1.75 bits per heavy atom. The van der Waals surface area contributed by atoms with Crippen LogP contribution in [0.15, 0.2) is 52.3 Å². The Balaban J connectivity index is 0.852. The number of nitrogens with zero attached hydrogens (tertiary/aromatic N) is 6. The SMILES string of the molecule is CC(CCC(=O)OCCOCCOCCN=[N+]=[N-])C1CCC2C3CC[C@@H]4C[C@H](NC(=O)C(Cc5c[nH]c6ccccc56)Nc5ccc([N+](=O)[O-])c6nonc56)CC[C@]4(C)C3CC[C@]12C. The Hall–Kier alpha value is -5.25. The number of para-hydroxylation sites is 1. The van der Waals surface area contributed by atoms with Crippen LogP contribution in [-0.4, -0.2) is 83.8 Å². The van der Waals surface area contributed by atoms with Gasteiger partial charge in [0, 0.05) is 53.5 Å². The van der Waals surface area contributed by atoms with Crippen molar-refractivity contribution in [3.05, 3.63) is 68.7 Å². The molecule has 4 aromatic rings. The Kier molecular flexibility index (Phi) is 14.1. The minimum Gasteiger partial charge on any atom is -0.463 e. The molecule has 17 heteroatoms. The van der Waals surface area contributed by atoms with Crippen molar-refractivity contribution in [1.29, 1.82) is 0 Å². The molecule has 8 rings (SSSR count). The summed E-state index contributed by atoms with van der Waals surface area (Å²) >= 11 is 0. The molecule has 1 amide bonds. The normalized spacial score (nSPS) is 28.3. The largest absolute Gasteiger partial charge is 0.463 e. The molecule has 3 N–H and O–H groups in total. The third kappa shape index (κ3) is 9.43. The van der Waals surface area contributed by atoms with Gasteiger partial charge in [0.2, 0.25) is 11.4 Å². The summed E-state index contributed by atoms with van der Waals surface area (Å²) < 4.78 is 21.2. The number of anilines is 1. The Morgan fingerprint density at radius 1 is 0.984 bits per heavy atom. The third-order valence-electron chi connectivity index (χ3n) is 16.2. The number of benzene rings is 2. The minimum absolute atomic E-state index is 0.0336. The number of azide groups is 1. The maximum absolute atomic E-state index is 14.5. The number of amides is 1. The summed E-state index contributed by atoms with van der Waals surface area (Å²) in [6, 6.07) is 10.3. The number of rotatable bonds is 20. The summed E-state index contributed by atoms with van der Waals surface area (Å²) in [6.45, 7) is 9.43. The monoisotopic (exact) mass is 881 g/mol. The van der Waals surface area contributed by atoms with Crippen LogP contribution in [0.25, 0.3) is 32.4 Å². The van der Waals surface area contributed by atoms with Crippen LogP contribution in [0.2, 0.25) is 0 Å². The molecule has 0 bridgehead atoms. The molecule has 17 nitrogen and oxygen atoms in total. The second kappa shape index (κ2) is 19.9. The molecule has 0 radical (unpaired) electrons. The number of hydrogen-bond acceptors (Lipinski definition) is 12. The molecule has 0 aliphatic heterocycles. The molecule has 2 aromatic carbocycles. The van der Waals surface area contributed by atoms with E-state index in [4.69, 9.17) is 24.4 Å². The first-order chi connectivity index (χ1) is 31.0. The van der Waals surface area contributed by atoms with Crippen LogP contribution in [0.3, 0.4) is 0 Å². The van der Waals surface area contributed by atoms with E-state index in [2.05, 4.69) is 56.7 Å². The number of hydrogen-bond donors (Lipinski definition) is 3. The number of ether oxygens (including phenoxy) is 3. The Morgan fingerprint density at radius 3 is 2.58 bits per heavy atom. The number of aromatic amines is 1. The number of nitro groups is 1. The number of aromatic nitrogens is 3. The fraction of sp³-hybridized carbons (Fsp3) is 0.660. The summed E-state index contributed by atoms with van der Waals surface area (Å²) in [5, 5.41) is 30.8. The maximum Gasteiger partial charge on any atom is 0.305 e. The molecular formula is C47H63N9O8. The molecule has 0 spiro atoms. The van der Waals surface area contributed by atoms with Crippen molar-refractivity contribution >= 4 is 45.2 Å². The van der Waals surface area contributed by atoms with E-state index in [1.165, 1.54) is 44.6 Å². The van der Waals surface area contributed by atoms with Gasteiger partial charge in [-0.3, -0.25) is 19.7 Å². The number of nitrogens with one attached hydrogen (secondary N) is 3. The number of carbonyl (C=O) groups is 2. The number of fused-ring (bicyclic) bond motifs is 7. The smallest absolute Gasteiger partial charge is 0.305 e. The van der Waals surface area contributed by atoms with Crippen LogP contribution in [0, 0.1) is 56.5 Å². The number of esters is 1. The van der Waals surface area contributed by atoms with Crippen molar-refractivity contribution in [2.45, 2.75) is 110 Å². The maximum atomic E-state index is 14.5. The number of non-ortho nitro benzene ring substituents is 1. The van der Waals surface area contributed by atoms with Gasteiger partial charge in [0.1, 0.15) is 12.6 Å². The number of H-pyrrole nitrogens is 1. The van der Waals surface area contributed by atoms with Crippen molar-refractivity contribution in [2.75, 3.05) is 44.9 Å². The zero-order valence-electron chi connectivity index (χ0n) is 37.3. The highest BCUT2D eigenvalue weighted by Crippen LogP contribution is 2.68. The Bertz CT molecular complexity index is 2330. The lowest BCUT2D eigenvalue weighted by Crippen LogP contribution is -2.56. The van der Waals surface area contributed by atoms with Crippen molar-refractivity contribution in [1.82, 2.24) is 20.6 Å². The molecule has 344 valence electrons. The molecule has 0 saturated heterocycles. The number of nitro benzene ring substituents is 1. The van der Waals surface area contributed by atoms with Gasteiger partial charge in [0.25, 0.3) is 0 Å². The van der Waals surface area contributed by atoms with Gasteiger partial charge in [-0.15, -0.1) is 0 Å². The van der Waals surface area contributed by atoms with Crippen LogP contribution >= 0.6 is 0 Å². The van der Waals surface area contributed by atoms with Crippen molar-refractivity contribution in [3.63, 3.8) is 0 Å². The quantitative estimate of drug-likeness (QED) is 0.0144. The van der Waals surface area contributed by atoms with Crippen molar-refractivity contribution in [3.8, 4) is 0 Å². The van der Waals surface area contributed by atoms with Crippen LogP contribution < -0.4 is 10.6 Å². The summed E-state index contributed by atoms with van der Waals surface area (Å²) in [6.07, 6.45) is 13.9. The average molecular weight is 882 g/mol. The molecular weight excluding hydrogens is 819 g/mol. The molecule has 4 aliphatic carbocycles.